The van der Waals surface area contributed by atoms with Gasteiger partial charge in [0.2, 0.25) is 5.91 Å². The quantitative estimate of drug-likeness (QED) is 0.694. The van der Waals surface area contributed by atoms with Crippen molar-refractivity contribution >= 4 is 11.5 Å². The first kappa shape index (κ1) is 19.6. The second-order valence-electron chi connectivity index (χ2n) is 10.0. The van der Waals surface area contributed by atoms with E-state index in [-0.39, 0.29) is 16.7 Å². The Kier molecular flexibility index (Phi) is 4.46. The number of amides is 1. The van der Waals surface area contributed by atoms with Crippen LogP contribution in [0.3, 0.4) is 0 Å². The Morgan fingerprint density at radius 2 is 2.00 bits per heavy atom. The topological polar surface area (TPSA) is 42.4 Å². The van der Waals surface area contributed by atoms with E-state index in [9.17, 15) is 4.79 Å². The molecule has 2 fully saturated rings. The molecule has 1 amide bonds. The van der Waals surface area contributed by atoms with Crippen molar-refractivity contribution in [2.75, 3.05) is 20.7 Å². The van der Waals surface area contributed by atoms with E-state index >= 15 is 0 Å². The maximum Gasteiger partial charge on any atom is 0.246 e. The summed E-state index contributed by atoms with van der Waals surface area (Å²) in [5.74, 6) is 2.21. The Labute approximate surface area is 179 Å². The molecule has 2 saturated carbocycles. The van der Waals surface area contributed by atoms with Gasteiger partial charge in [-0.05, 0) is 61.0 Å². The standard InChI is InChI=1S/C26H32N2O2/c1-25-11-12-28(3)24(29)14-18(25)5-6-20-22-8-7-21(26(22,2)10-9-23(20)25)17-13-19(30-4)16-27-15-17/h7-8,13-16,20,23H,5-6,9-12H2,1-4H3/t20-,23-,25-,26+/m0/s1. The van der Waals surface area contributed by atoms with Crippen LogP contribution in [0.25, 0.3) is 5.57 Å². The van der Waals surface area contributed by atoms with Crippen molar-refractivity contribution in [2.45, 2.75) is 46.0 Å². The van der Waals surface area contributed by atoms with Crippen LogP contribution in [0.5, 0.6) is 5.75 Å². The van der Waals surface area contributed by atoms with E-state index in [1.807, 2.05) is 24.2 Å². The molecule has 1 aliphatic heterocycles. The summed E-state index contributed by atoms with van der Waals surface area (Å²) >= 11 is 0. The average molecular weight is 405 g/mol. The lowest BCUT2D eigenvalue weighted by Crippen LogP contribution is -2.46. The number of methoxy groups -OCH3 is 1. The van der Waals surface area contributed by atoms with Crippen LogP contribution in [0.4, 0.5) is 0 Å². The number of ether oxygens (including phenoxy) is 1. The fourth-order valence-corrected chi connectivity index (χ4v) is 6.77. The maximum atomic E-state index is 12.5. The second kappa shape index (κ2) is 6.83. The molecule has 0 bridgehead atoms. The summed E-state index contributed by atoms with van der Waals surface area (Å²) in [6, 6.07) is 2.11. The van der Waals surface area contributed by atoms with Gasteiger partial charge in [-0.25, -0.2) is 0 Å². The number of nitrogens with zero attached hydrogens (tertiary/aromatic N) is 2. The Hall–Kier alpha value is -2.36. The summed E-state index contributed by atoms with van der Waals surface area (Å²) in [5, 5.41) is 0. The van der Waals surface area contributed by atoms with Gasteiger partial charge in [-0.2, -0.15) is 0 Å². The number of allylic oxidation sites excluding steroid dienone is 5. The molecule has 0 aromatic carbocycles. The zero-order valence-corrected chi connectivity index (χ0v) is 18.6. The number of pyridine rings is 1. The SMILES string of the molecule is COc1cncc(C2=CC=C3[C@@H]4CCC5=CC(=O)N(C)CC[C@]5(C)[C@H]4CC[C@]23C)c1. The molecule has 4 atom stereocenters. The van der Waals surface area contributed by atoms with E-state index in [2.05, 4.69) is 37.0 Å². The highest BCUT2D eigenvalue weighted by Gasteiger charge is 2.54. The second-order valence-corrected chi connectivity index (χ2v) is 10.0. The summed E-state index contributed by atoms with van der Waals surface area (Å²) in [6.45, 7) is 5.71. The van der Waals surface area contributed by atoms with Gasteiger partial charge in [0.15, 0.2) is 0 Å². The van der Waals surface area contributed by atoms with E-state index in [0.717, 1.165) is 38.0 Å². The lowest BCUT2D eigenvalue weighted by molar-refractivity contribution is -0.124. The summed E-state index contributed by atoms with van der Waals surface area (Å²) < 4.78 is 5.43. The minimum absolute atomic E-state index is 0.0735. The fraction of sp³-hybridized carbons (Fsp3) is 0.538. The molecule has 4 nitrogen and oxygen atoms in total. The third-order valence-electron chi connectivity index (χ3n) is 8.68. The van der Waals surface area contributed by atoms with Crippen molar-refractivity contribution in [1.29, 1.82) is 0 Å². The molecule has 0 unspecified atom stereocenters. The number of carbonyl (C=O) groups excluding carboxylic acids is 1. The van der Waals surface area contributed by atoms with Crippen molar-refractivity contribution < 1.29 is 9.53 Å². The number of hydrogen-bond acceptors (Lipinski definition) is 3. The minimum atomic E-state index is 0.0735. The Morgan fingerprint density at radius 1 is 1.17 bits per heavy atom. The van der Waals surface area contributed by atoms with Crippen molar-refractivity contribution in [2.24, 2.45) is 22.7 Å². The molecular weight excluding hydrogens is 372 g/mol. The molecule has 4 heteroatoms. The highest BCUT2D eigenvalue weighted by molar-refractivity contribution is 5.88. The van der Waals surface area contributed by atoms with Crippen LogP contribution in [-0.4, -0.2) is 36.5 Å². The van der Waals surface area contributed by atoms with E-state index in [1.165, 1.54) is 23.1 Å². The van der Waals surface area contributed by atoms with E-state index < -0.39 is 0 Å². The number of aromatic nitrogens is 1. The van der Waals surface area contributed by atoms with E-state index in [1.54, 1.807) is 18.9 Å². The summed E-state index contributed by atoms with van der Waals surface area (Å²) in [4.78, 5) is 18.8. The summed E-state index contributed by atoms with van der Waals surface area (Å²) in [5.41, 5.74) is 5.75. The van der Waals surface area contributed by atoms with Gasteiger partial charge in [0.25, 0.3) is 0 Å². The molecule has 0 N–H and O–H groups in total. The first-order chi connectivity index (χ1) is 14.4. The van der Waals surface area contributed by atoms with Gasteiger partial charge in [-0.15, -0.1) is 0 Å². The monoisotopic (exact) mass is 404 g/mol. The third kappa shape index (κ3) is 2.72. The first-order valence-corrected chi connectivity index (χ1v) is 11.3. The molecule has 158 valence electrons. The van der Waals surface area contributed by atoms with Crippen LogP contribution < -0.4 is 4.74 Å². The molecule has 3 aliphatic carbocycles. The summed E-state index contributed by atoms with van der Waals surface area (Å²) in [7, 11) is 3.64. The van der Waals surface area contributed by atoms with Crippen LogP contribution in [0, 0.1) is 22.7 Å². The van der Waals surface area contributed by atoms with E-state index in [0.29, 0.717) is 11.8 Å². The molecule has 1 aromatic rings. The zero-order valence-electron chi connectivity index (χ0n) is 18.6. The predicted molar refractivity (Wildman–Crippen MR) is 119 cm³/mol. The van der Waals surface area contributed by atoms with Crippen LogP contribution in [0.15, 0.2) is 47.8 Å². The highest BCUT2D eigenvalue weighted by atomic mass is 16.5. The molecule has 0 radical (unpaired) electrons. The molecule has 0 saturated heterocycles. The molecular formula is C26H32N2O2. The van der Waals surface area contributed by atoms with Crippen molar-refractivity contribution in [3.8, 4) is 5.75 Å². The van der Waals surface area contributed by atoms with Crippen molar-refractivity contribution in [1.82, 2.24) is 9.88 Å². The molecule has 30 heavy (non-hydrogen) atoms. The smallest absolute Gasteiger partial charge is 0.246 e. The fourth-order valence-electron chi connectivity index (χ4n) is 6.77. The van der Waals surface area contributed by atoms with Crippen LogP contribution in [-0.2, 0) is 4.79 Å². The molecule has 5 rings (SSSR count). The van der Waals surface area contributed by atoms with Crippen LogP contribution in [0.1, 0.15) is 51.5 Å². The normalized spacial score (nSPS) is 35.4. The Balaban J connectivity index is 1.47. The van der Waals surface area contributed by atoms with Gasteiger partial charge in [0, 0.05) is 36.8 Å². The summed E-state index contributed by atoms with van der Waals surface area (Å²) in [6.07, 6.45) is 16.1. The number of hydrogen-bond donors (Lipinski definition) is 0. The van der Waals surface area contributed by atoms with Gasteiger partial charge in [-0.1, -0.05) is 37.1 Å². The van der Waals surface area contributed by atoms with Crippen molar-refractivity contribution in [3.63, 3.8) is 0 Å². The van der Waals surface area contributed by atoms with Gasteiger partial charge in [0.1, 0.15) is 5.75 Å². The molecule has 2 heterocycles. The number of likely N-dealkylation sites (N-methyl/N-ethyl adjacent to an activating group) is 1. The van der Waals surface area contributed by atoms with E-state index in [4.69, 9.17) is 4.74 Å². The Bertz CT molecular complexity index is 991. The number of carbonyl (C=O) groups is 1. The highest BCUT2D eigenvalue weighted by Crippen LogP contribution is 2.64. The lowest BCUT2D eigenvalue weighted by Gasteiger charge is -2.55. The molecule has 0 spiro atoms. The molecule has 4 aliphatic rings. The first-order valence-electron chi connectivity index (χ1n) is 11.3. The third-order valence-corrected chi connectivity index (χ3v) is 8.68. The largest absolute Gasteiger partial charge is 0.495 e. The van der Waals surface area contributed by atoms with Crippen LogP contribution in [0.2, 0.25) is 0 Å². The zero-order chi connectivity index (χ0) is 21.1. The minimum Gasteiger partial charge on any atom is -0.495 e. The van der Waals surface area contributed by atoms with Crippen LogP contribution >= 0.6 is 0 Å². The molecule has 1 aromatic heterocycles. The maximum absolute atomic E-state index is 12.5. The van der Waals surface area contributed by atoms with Gasteiger partial charge in [0.05, 0.1) is 13.3 Å². The number of fused-ring (bicyclic) bond motifs is 5. The predicted octanol–water partition coefficient (Wildman–Crippen LogP) is 5.03. The van der Waals surface area contributed by atoms with Gasteiger partial charge >= 0.3 is 0 Å². The van der Waals surface area contributed by atoms with Crippen molar-refractivity contribution in [3.05, 3.63) is 53.4 Å². The Morgan fingerprint density at radius 3 is 2.80 bits per heavy atom. The average Bonchev–Trinajstić information content (AvgIpc) is 3.05. The van der Waals surface area contributed by atoms with Gasteiger partial charge in [-0.3, -0.25) is 9.78 Å². The number of rotatable bonds is 2. The lowest BCUT2D eigenvalue weighted by atomic mass is 9.49. The van der Waals surface area contributed by atoms with Gasteiger partial charge < -0.3 is 9.64 Å².